The van der Waals surface area contributed by atoms with Crippen molar-refractivity contribution in [1.29, 1.82) is 0 Å². The van der Waals surface area contributed by atoms with Gasteiger partial charge < -0.3 is 5.32 Å². The number of rotatable bonds is 4. The van der Waals surface area contributed by atoms with Gasteiger partial charge in [-0.2, -0.15) is 0 Å². The highest BCUT2D eigenvalue weighted by Crippen LogP contribution is 2.21. The lowest BCUT2D eigenvalue weighted by Crippen LogP contribution is -2.36. The van der Waals surface area contributed by atoms with E-state index in [4.69, 9.17) is 0 Å². The third-order valence-electron chi connectivity index (χ3n) is 5.53. The Balaban J connectivity index is 1.65. The summed E-state index contributed by atoms with van der Waals surface area (Å²) < 4.78 is 1.67. The van der Waals surface area contributed by atoms with Crippen molar-refractivity contribution in [2.75, 3.05) is 0 Å². The zero-order chi connectivity index (χ0) is 20.4. The van der Waals surface area contributed by atoms with Crippen molar-refractivity contribution in [2.45, 2.75) is 58.0 Å². The molecular formula is C23H26N4O2. The first kappa shape index (κ1) is 19.3. The molecule has 0 atom stereocenters. The first-order valence-corrected chi connectivity index (χ1v) is 10.3. The molecule has 0 spiro atoms. The lowest BCUT2D eigenvalue weighted by Gasteiger charge is -2.22. The van der Waals surface area contributed by atoms with E-state index >= 15 is 0 Å². The highest BCUT2D eigenvalue weighted by atomic mass is 16.1. The van der Waals surface area contributed by atoms with Gasteiger partial charge in [0, 0.05) is 29.4 Å². The molecule has 2 heterocycles. The van der Waals surface area contributed by atoms with Gasteiger partial charge in [0.2, 0.25) is 0 Å². The minimum Gasteiger partial charge on any atom is -0.349 e. The van der Waals surface area contributed by atoms with Crippen LogP contribution in [0.25, 0.3) is 22.4 Å². The molecule has 1 aromatic carbocycles. The van der Waals surface area contributed by atoms with Crippen LogP contribution in [0.4, 0.5) is 0 Å². The van der Waals surface area contributed by atoms with E-state index in [9.17, 15) is 9.59 Å². The number of hydrogen-bond acceptors (Lipinski definition) is 4. The van der Waals surface area contributed by atoms with E-state index in [1.165, 1.54) is 19.3 Å². The standard InChI is InChI=1S/C23H26N4O2/c1-15(2)27-21-19(9-6-14-24-21)26-20(23(27)29)16-10-12-17(13-11-16)22(28)25-18-7-4-3-5-8-18/h6,9-15,18H,3-5,7-8H2,1-2H3,(H,25,28). The molecule has 1 N–H and O–H groups in total. The van der Waals surface area contributed by atoms with Crippen molar-refractivity contribution in [3.63, 3.8) is 0 Å². The number of nitrogens with one attached hydrogen (secondary N) is 1. The van der Waals surface area contributed by atoms with Gasteiger partial charge in [-0.3, -0.25) is 14.2 Å². The van der Waals surface area contributed by atoms with Gasteiger partial charge in [-0.15, -0.1) is 0 Å². The van der Waals surface area contributed by atoms with Gasteiger partial charge in [0.15, 0.2) is 5.65 Å². The normalized spacial score (nSPS) is 15.0. The SMILES string of the molecule is CC(C)n1c(=O)c(-c2ccc(C(=O)NC3CCCCC3)cc2)nc2cccnc21. The maximum atomic E-state index is 13.1. The lowest BCUT2D eigenvalue weighted by atomic mass is 9.95. The fraction of sp³-hybridized carbons (Fsp3) is 0.391. The number of amides is 1. The zero-order valence-electron chi connectivity index (χ0n) is 16.9. The van der Waals surface area contributed by atoms with Gasteiger partial charge in [-0.25, -0.2) is 9.97 Å². The Morgan fingerprint density at radius 3 is 2.52 bits per heavy atom. The summed E-state index contributed by atoms with van der Waals surface area (Å²) in [5, 5.41) is 3.13. The summed E-state index contributed by atoms with van der Waals surface area (Å²) in [6.07, 6.45) is 7.37. The van der Waals surface area contributed by atoms with Crippen molar-refractivity contribution >= 4 is 17.1 Å². The topological polar surface area (TPSA) is 76.9 Å². The van der Waals surface area contributed by atoms with Crippen LogP contribution in [0, 0.1) is 0 Å². The number of aromatic nitrogens is 3. The third kappa shape index (κ3) is 3.92. The predicted octanol–water partition coefficient (Wildman–Crippen LogP) is 4.10. The number of hydrogen-bond donors (Lipinski definition) is 1. The van der Waals surface area contributed by atoms with Crippen LogP contribution in [0.15, 0.2) is 47.4 Å². The molecule has 3 aromatic rings. The summed E-state index contributed by atoms with van der Waals surface area (Å²) in [7, 11) is 0. The molecular weight excluding hydrogens is 364 g/mol. The van der Waals surface area contributed by atoms with E-state index in [2.05, 4.69) is 15.3 Å². The lowest BCUT2D eigenvalue weighted by molar-refractivity contribution is 0.0927. The highest BCUT2D eigenvalue weighted by Gasteiger charge is 2.18. The number of pyridine rings is 1. The van der Waals surface area contributed by atoms with Crippen LogP contribution in [0.3, 0.4) is 0 Å². The molecule has 2 aromatic heterocycles. The number of carbonyl (C=O) groups is 1. The number of nitrogens with zero attached hydrogens (tertiary/aromatic N) is 3. The molecule has 0 saturated heterocycles. The van der Waals surface area contributed by atoms with E-state index < -0.39 is 0 Å². The summed E-state index contributed by atoms with van der Waals surface area (Å²) in [6, 6.07) is 11.0. The van der Waals surface area contributed by atoms with E-state index in [1.54, 1.807) is 35.0 Å². The van der Waals surface area contributed by atoms with Crippen molar-refractivity contribution in [3.8, 4) is 11.3 Å². The summed E-state index contributed by atoms with van der Waals surface area (Å²) >= 11 is 0. The quantitative estimate of drug-likeness (QED) is 0.727. The fourth-order valence-corrected chi connectivity index (χ4v) is 4.00. The first-order chi connectivity index (χ1) is 14.0. The molecule has 1 fully saturated rings. The molecule has 1 aliphatic carbocycles. The van der Waals surface area contributed by atoms with Gasteiger partial charge in [0.1, 0.15) is 11.2 Å². The summed E-state index contributed by atoms with van der Waals surface area (Å²) in [5.41, 5.74) is 2.76. The van der Waals surface area contributed by atoms with Crippen molar-refractivity contribution in [3.05, 3.63) is 58.5 Å². The third-order valence-corrected chi connectivity index (χ3v) is 5.53. The molecule has 6 nitrogen and oxygen atoms in total. The van der Waals surface area contributed by atoms with E-state index in [0.29, 0.717) is 28.0 Å². The molecule has 1 saturated carbocycles. The van der Waals surface area contributed by atoms with Gasteiger partial charge in [-0.1, -0.05) is 31.4 Å². The molecule has 0 radical (unpaired) electrons. The maximum Gasteiger partial charge on any atom is 0.278 e. The molecule has 4 rings (SSSR count). The Morgan fingerprint density at radius 1 is 1.10 bits per heavy atom. The molecule has 0 aliphatic heterocycles. The molecule has 0 bridgehead atoms. The predicted molar refractivity (Wildman–Crippen MR) is 114 cm³/mol. The maximum absolute atomic E-state index is 13.1. The fourth-order valence-electron chi connectivity index (χ4n) is 4.00. The smallest absolute Gasteiger partial charge is 0.278 e. The van der Waals surface area contributed by atoms with Gasteiger partial charge in [0.05, 0.1) is 0 Å². The Morgan fingerprint density at radius 2 is 1.83 bits per heavy atom. The molecule has 0 unspecified atom stereocenters. The summed E-state index contributed by atoms with van der Waals surface area (Å²) in [6.45, 7) is 3.91. The van der Waals surface area contributed by atoms with Gasteiger partial charge >= 0.3 is 0 Å². The molecule has 29 heavy (non-hydrogen) atoms. The van der Waals surface area contributed by atoms with Crippen molar-refractivity contribution < 1.29 is 4.79 Å². The van der Waals surface area contributed by atoms with Crippen LogP contribution in [-0.4, -0.2) is 26.5 Å². The summed E-state index contributed by atoms with van der Waals surface area (Å²) in [4.78, 5) is 34.5. The van der Waals surface area contributed by atoms with Crippen LogP contribution in [0.1, 0.15) is 62.4 Å². The van der Waals surface area contributed by atoms with Crippen molar-refractivity contribution in [2.24, 2.45) is 0 Å². The van der Waals surface area contributed by atoms with Crippen LogP contribution < -0.4 is 10.9 Å². The monoisotopic (exact) mass is 390 g/mol. The molecule has 1 aliphatic rings. The average molecular weight is 390 g/mol. The van der Waals surface area contributed by atoms with E-state index in [-0.39, 0.29) is 23.6 Å². The average Bonchev–Trinajstić information content (AvgIpc) is 2.74. The Bertz CT molecular complexity index is 1080. The number of fused-ring (bicyclic) bond motifs is 1. The molecule has 1 amide bonds. The Kier molecular flexibility index (Phi) is 5.43. The second-order valence-electron chi connectivity index (χ2n) is 7.96. The summed E-state index contributed by atoms with van der Waals surface area (Å²) in [5.74, 6) is -0.0567. The number of carbonyl (C=O) groups excluding carboxylic acids is 1. The number of benzene rings is 1. The highest BCUT2D eigenvalue weighted by molar-refractivity contribution is 5.94. The van der Waals surface area contributed by atoms with Crippen LogP contribution in [0.2, 0.25) is 0 Å². The van der Waals surface area contributed by atoms with Crippen LogP contribution >= 0.6 is 0 Å². The Labute approximate surface area is 170 Å². The zero-order valence-corrected chi connectivity index (χ0v) is 16.9. The minimum atomic E-state index is -0.175. The molecule has 150 valence electrons. The van der Waals surface area contributed by atoms with E-state index in [1.807, 2.05) is 26.0 Å². The van der Waals surface area contributed by atoms with E-state index in [0.717, 1.165) is 12.8 Å². The van der Waals surface area contributed by atoms with Gasteiger partial charge in [-0.05, 0) is 51.0 Å². The first-order valence-electron chi connectivity index (χ1n) is 10.3. The molecule has 6 heteroatoms. The van der Waals surface area contributed by atoms with Crippen molar-refractivity contribution in [1.82, 2.24) is 19.9 Å². The largest absolute Gasteiger partial charge is 0.349 e. The van der Waals surface area contributed by atoms with Crippen LogP contribution in [-0.2, 0) is 0 Å². The Hall–Kier alpha value is -3.02. The van der Waals surface area contributed by atoms with Gasteiger partial charge in [0.25, 0.3) is 11.5 Å². The second kappa shape index (κ2) is 8.15. The van der Waals surface area contributed by atoms with Crippen LogP contribution in [0.5, 0.6) is 0 Å². The second-order valence-corrected chi connectivity index (χ2v) is 7.96. The minimum absolute atomic E-state index is 0.0396.